The molecule has 1 aromatic rings. The topological polar surface area (TPSA) is 35.2 Å². The minimum Gasteiger partial charge on any atom is -0.428 e. The van der Waals surface area contributed by atoms with Gasteiger partial charge in [-0.1, -0.05) is 35.3 Å². The SMILES string of the molecule is Nc1ccccc1OC(F)(F)C(Cl)Cl. The van der Waals surface area contributed by atoms with Crippen LogP contribution in [-0.4, -0.2) is 10.9 Å². The molecule has 0 aromatic heterocycles. The average Bonchev–Trinajstić information content (AvgIpc) is 2.08. The highest BCUT2D eigenvalue weighted by molar-refractivity contribution is 6.44. The Hall–Kier alpha value is -0.740. The summed E-state index contributed by atoms with van der Waals surface area (Å²) in [6.45, 7) is 0. The Morgan fingerprint density at radius 2 is 1.86 bits per heavy atom. The molecule has 2 nitrogen and oxygen atoms in total. The summed E-state index contributed by atoms with van der Waals surface area (Å²) in [7, 11) is 0. The van der Waals surface area contributed by atoms with Gasteiger partial charge in [0.2, 0.25) is 4.84 Å². The Labute approximate surface area is 89.6 Å². The number of nitrogen functional groups attached to an aromatic ring is 1. The van der Waals surface area contributed by atoms with E-state index in [2.05, 4.69) is 4.74 Å². The highest BCUT2D eigenvalue weighted by atomic mass is 35.5. The number of halogens is 4. The Morgan fingerprint density at radius 1 is 1.29 bits per heavy atom. The van der Waals surface area contributed by atoms with E-state index in [9.17, 15) is 8.78 Å². The number of para-hydroxylation sites is 2. The standard InChI is InChI=1S/C8H7Cl2F2NO/c9-7(10)8(11,12)14-6-4-2-1-3-5(6)13/h1-4,7H,13H2. The summed E-state index contributed by atoms with van der Waals surface area (Å²) >= 11 is 10.0. The maximum Gasteiger partial charge on any atom is 0.428 e. The van der Waals surface area contributed by atoms with E-state index < -0.39 is 10.9 Å². The summed E-state index contributed by atoms with van der Waals surface area (Å²) in [5.74, 6) is -0.149. The third-order valence-electron chi connectivity index (χ3n) is 1.42. The van der Waals surface area contributed by atoms with Crippen molar-refractivity contribution in [2.45, 2.75) is 10.9 Å². The molecule has 2 N–H and O–H groups in total. The van der Waals surface area contributed by atoms with E-state index in [4.69, 9.17) is 28.9 Å². The van der Waals surface area contributed by atoms with Gasteiger partial charge in [-0.25, -0.2) is 0 Å². The van der Waals surface area contributed by atoms with E-state index in [0.717, 1.165) is 0 Å². The van der Waals surface area contributed by atoms with Crippen molar-refractivity contribution < 1.29 is 13.5 Å². The maximum absolute atomic E-state index is 12.9. The van der Waals surface area contributed by atoms with Gasteiger partial charge in [-0.15, -0.1) is 0 Å². The molecular formula is C8H7Cl2F2NO. The van der Waals surface area contributed by atoms with E-state index >= 15 is 0 Å². The molecule has 14 heavy (non-hydrogen) atoms. The number of ether oxygens (including phenoxy) is 1. The molecule has 0 heterocycles. The first-order valence-corrected chi connectivity index (χ1v) is 4.50. The molecule has 0 saturated carbocycles. The molecule has 0 radical (unpaired) electrons. The second kappa shape index (κ2) is 4.19. The molecule has 0 spiro atoms. The number of hydrogen-bond acceptors (Lipinski definition) is 2. The maximum atomic E-state index is 12.9. The number of benzene rings is 1. The second-order valence-corrected chi connectivity index (χ2v) is 3.60. The Balaban J connectivity index is 2.84. The van der Waals surface area contributed by atoms with Crippen LogP contribution in [0, 0.1) is 0 Å². The van der Waals surface area contributed by atoms with Crippen molar-refractivity contribution >= 4 is 28.9 Å². The number of hydrogen-bond donors (Lipinski definition) is 1. The summed E-state index contributed by atoms with van der Waals surface area (Å²) in [6, 6.07) is 5.85. The molecule has 6 heteroatoms. The lowest BCUT2D eigenvalue weighted by atomic mass is 10.3. The molecule has 0 amide bonds. The van der Waals surface area contributed by atoms with Gasteiger partial charge >= 0.3 is 6.11 Å². The van der Waals surface area contributed by atoms with Gasteiger partial charge < -0.3 is 10.5 Å². The van der Waals surface area contributed by atoms with E-state index in [-0.39, 0.29) is 11.4 Å². The van der Waals surface area contributed by atoms with Crippen LogP contribution in [0.15, 0.2) is 24.3 Å². The number of rotatable bonds is 3. The van der Waals surface area contributed by atoms with E-state index in [1.165, 1.54) is 18.2 Å². The zero-order chi connectivity index (χ0) is 10.8. The minimum absolute atomic E-state index is 0.0983. The lowest BCUT2D eigenvalue weighted by molar-refractivity contribution is -0.163. The monoisotopic (exact) mass is 241 g/mol. The minimum atomic E-state index is -3.65. The smallest absolute Gasteiger partial charge is 0.428 e. The molecule has 0 aliphatic carbocycles. The van der Waals surface area contributed by atoms with Crippen LogP contribution in [0.25, 0.3) is 0 Å². The molecule has 0 saturated heterocycles. The molecule has 0 atom stereocenters. The fourth-order valence-electron chi connectivity index (χ4n) is 0.765. The van der Waals surface area contributed by atoms with Crippen molar-refractivity contribution in [3.8, 4) is 5.75 Å². The first-order valence-electron chi connectivity index (χ1n) is 3.63. The summed E-state index contributed by atoms with van der Waals surface area (Å²) in [6.07, 6.45) is -3.65. The number of alkyl halides is 4. The van der Waals surface area contributed by atoms with Crippen LogP contribution < -0.4 is 10.5 Å². The molecule has 0 unspecified atom stereocenters. The van der Waals surface area contributed by atoms with Crippen molar-refractivity contribution in [1.82, 2.24) is 0 Å². The predicted octanol–water partition coefficient (Wildman–Crippen LogP) is 3.04. The molecule has 1 rings (SSSR count). The Kier molecular flexibility index (Phi) is 3.39. The predicted molar refractivity (Wildman–Crippen MR) is 51.9 cm³/mol. The third-order valence-corrected chi connectivity index (χ3v) is 1.93. The van der Waals surface area contributed by atoms with Crippen LogP contribution in [0.4, 0.5) is 14.5 Å². The normalized spacial score (nSPS) is 11.8. The summed E-state index contributed by atoms with van der Waals surface area (Å²) in [4.78, 5) is -1.94. The summed E-state index contributed by atoms with van der Waals surface area (Å²) in [5.41, 5.74) is 5.48. The Morgan fingerprint density at radius 3 is 2.36 bits per heavy atom. The fourth-order valence-corrected chi connectivity index (χ4v) is 0.854. The first-order chi connectivity index (χ1) is 6.43. The first kappa shape index (κ1) is 11.3. The summed E-state index contributed by atoms with van der Waals surface area (Å²) < 4.78 is 30.0. The molecule has 0 aliphatic heterocycles. The Bertz CT molecular complexity index is 320. The van der Waals surface area contributed by atoms with Crippen molar-refractivity contribution in [3.05, 3.63) is 24.3 Å². The zero-order valence-electron chi connectivity index (χ0n) is 6.88. The quantitative estimate of drug-likeness (QED) is 0.653. The van der Waals surface area contributed by atoms with Gasteiger partial charge in [-0.2, -0.15) is 8.78 Å². The van der Waals surface area contributed by atoms with E-state index in [0.29, 0.717) is 0 Å². The van der Waals surface area contributed by atoms with Gasteiger partial charge in [0.15, 0.2) is 0 Å². The third kappa shape index (κ3) is 2.62. The zero-order valence-corrected chi connectivity index (χ0v) is 8.40. The van der Waals surface area contributed by atoms with E-state index in [1.54, 1.807) is 6.07 Å². The fraction of sp³-hybridized carbons (Fsp3) is 0.250. The molecule has 0 bridgehead atoms. The van der Waals surface area contributed by atoms with Gasteiger partial charge in [0, 0.05) is 0 Å². The van der Waals surface area contributed by atoms with E-state index in [1.807, 2.05) is 0 Å². The van der Waals surface area contributed by atoms with Crippen LogP contribution in [0.2, 0.25) is 0 Å². The average molecular weight is 242 g/mol. The lowest BCUT2D eigenvalue weighted by Crippen LogP contribution is -2.32. The van der Waals surface area contributed by atoms with Gasteiger partial charge in [0.25, 0.3) is 0 Å². The largest absolute Gasteiger partial charge is 0.428 e. The van der Waals surface area contributed by atoms with Gasteiger partial charge in [-0.3, -0.25) is 0 Å². The molecule has 78 valence electrons. The number of nitrogens with two attached hydrogens (primary N) is 1. The van der Waals surface area contributed by atoms with Gasteiger partial charge in [-0.05, 0) is 12.1 Å². The van der Waals surface area contributed by atoms with Crippen LogP contribution >= 0.6 is 23.2 Å². The lowest BCUT2D eigenvalue weighted by Gasteiger charge is -2.19. The van der Waals surface area contributed by atoms with Crippen LogP contribution in [0.3, 0.4) is 0 Å². The number of anilines is 1. The molecule has 1 aromatic carbocycles. The molecule has 0 aliphatic rings. The van der Waals surface area contributed by atoms with Gasteiger partial charge in [0.1, 0.15) is 5.75 Å². The summed E-state index contributed by atoms with van der Waals surface area (Å²) in [5, 5.41) is 0. The van der Waals surface area contributed by atoms with Gasteiger partial charge in [0.05, 0.1) is 5.69 Å². The van der Waals surface area contributed by atoms with Crippen molar-refractivity contribution in [1.29, 1.82) is 0 Å². The van der Waals surface area contributed by atoms with Crippen LogP contribution in [0.5, 0.6) is 5.75 Å². The highest BCUT2D eigenvalue weighted by Crippen LogP contribution is 2.32. The molecular weight excluding hydrogens is 235 g/mol. The van der Waals surface area contributed by atoms with Crippen LogP contribution in [0.1, 0.15) is 0 Å². The van der Waals surface area contributed by atoms with Crippen molar-refractivity contribution in [3.63, 3.8) is 0 Å². The molecule has 0 fully saturated rings. The van der Waals surface area contributed by atoms with Crippen molar-refractivity contribution in [2.24, 2.45) is 0 Å². The van der Waals surface area contributed by atoms with Crippen LogP contribution in [-0.2, 0) is 0 Å². The second-order valence-electron chi connectivity index (χ2n) is 2.50. The van der Waals surface area contributed by atoms with Crippen molar-refractivity contribution in [2.75, 3.05) is 5.73 Å². The highest BCUT2D eigenvalue weighted by Gasteiger charge is 2.40.